The number of aryl methyl sites for hydroxylation is 2. The van der Waals surface area contributed by atoms with E-state index in [0.717, 1.165) is 0 Å². The maximum atomic E-state index is 13.2. The molecule has 0 spiro atoms. The number of rotatable bonds is 16. The zero-order valence-corrected chi connectivity index (χ0v) is 24.0. The fraction of sp³-hybridized carbons (Fsp3) is 0.565. The van der Waals surface area contributed by atoms with Crippen LogP contribution in [-0.2, 0) is 38.6 Å². The topological polar surface area (TPSA) is 287 Å². The number of amides is 4. The number of hydrogen-bond acceptors (Lipinski definition) is 6. The lowest BCUT2D eigenvalue weighted by atomic mass is 9.75. The zero-order chi connectivity index (χ0) is 30.6. The van der Waals surface area contributed by atoms with Crippen LogP contribution in [-0.4, -0.2) is 43.2 Å². The highest BCUT2D eigenvalue weighted by Crippen LogP contribution is 2.67. The average Bonchev–Trinajstić information content (AvgIpc) is 2.74. The lowest BCUT2D eigenvalue weighted by Crippen LogP contribution is -2.36. The van der Waals surface area contributed by atoms with Crippen LogP contribution in [0.5, 0.6) is 0 Å². The summed E-state index contributed by atoms with van der Waals surface area (Å²) in [4.78, 5) is 89.5. The predicted octanol–water partition coefficient (Wildman–Crippen LogP) is 0.420. The summed E-state index contributed by atoms with van der Waals surface area (Å²) in [5.74, 6) is -3.49. The lowest BCUT2D eigenvalue weighted by Gasteiger charge is -2.42. The minimum Gasteiger partial charge on any atom is -0.370 e. The molecular formula is C23H38N4O10P2. The second-order valence-electron chi connectivity index (χ2n) is 9.90. The molecule has 1 rings (SSSR count). The molecule has 1 aromatic rings. The average molecular weight is 593 g/mol. The first-order valence-electron chi connectivity index (χ1n) is 12.0. The van der Waals surface area contributed by atoms with Crippen molar-refractivity contribution in [2.45, 2.75) is 82.4 Å². The Balaban J connectivity index is 4.34. The number of carbonyl (C=O) groups excluding carboxylic acids is 4. The highest BCUT2D eigenvalue weighted by atomic mass is 31.2. The SMILES string of the molecule is Cc1cc(C)c(C(CCC(N)=O)(CCC(N)=O)P(=O)(O)O)c(C)c1C(CCC(N)=O)(CCC(N)=O)P(=O)(O)O. The molecule has 16 heteroatoms. The molecule has 0 aliphatic heterocycles. The van der Waals surface area contributed by atoms with E-state index < -0.39 is 100 Å². The number of hydrogen-bond donors (Lipinski definition) is 8. The molecular weight excluding hydrogens is 554 g/mol. The van der Waals surface area contributed by atoms with Crippen LogP contribution in [0.2, 0.25) is 0 Å². The van der Waals surface area contributed by atoms with Crippen molar-refractivity contribution in [2.24, 2.45) is 22.9 Å². The summed E-state index contributed by atoms with van der Waals surface area (Å²) >= 11 is 0. The smallest absolute Gasteiger partial charge is 0.336 e. The van der Waals surface area contributed by atoms with Crippen molar-refractivity contribution < 1.29 is 47.9 Å². The molecule has 0 aromatic heterocycles. The summed E-state index contributed by atoms with van der Waals surface area (Å²) in [6, 6.07) is 1.45. The van der Waals surface area contributed by atoms with Crippen molar-refractivity contribution in [1.82, 2.24) is 0 Å². The van der Waals surface area contributed by atoms with E-state index in [2.05, 4.69) is 0 Å². The normalized spacial score (nSPS) is 12.8. The zero-order valence-electron chi connectivity index (χ0n) is 22.2. The van der Waals surface area contributed by atoms with Gasteiger partial charge in [-0.1, -0.05) is 6.07 Å². The van der Waals surface area contributed by atoms with Crippen molar-refractivity contribution in [3.8, 4) is 0 Å². The van der Waals surface area contributed by atoms with E-state index >= 15 is 0 Å². The molecule has 39 heavy (non-hydrogen) atoms. The van der Waals surface area contributed by atoms with Crippen molar-refractivity contribution in [3.63, 3.8) is 0 Å². The fourth-order valence-electron chi connectivity index (χ4n) is 5.56. The summed E-state index contributed by atoms with van der Waals surface area (Å²) in [6.45, 7) is 4.43. The molecule has 0 fully saturated rings. The molecule has 220 valence electrons. The van der Waals surface area contributed by atoms with Gasteiger partial charge in [0.05, 0.1) is 10.3 Å². The summed E-state index contributed by atoms with van der Waals surface area (Å²) in [5, 5.41) is -4.39. The van der Waals surface area contributed by atoms with Crippen LogP contribution < -0.4 is 22.9 Å². The fourth-order valence-corrected chi connectivity index (χ4v) is 8.44. The Hall–Kier alpha value is -2.60. The molecule has 0 saturated heterocycles. The van der Waals surface area contributed by atoms with Gasteiger partial charge in [0.1, 0.15) is 0 Å². The molecule has 0 saturated carbocycles. The molecule has 1 aromatic carbocycles. The molecule has 14 nitrogen and oxygen atoms in total. The Morgan fingerprint density at radius 3 is 1.03 bits per heavy atom. The molecule has 0 atom stereocenters. The number of nitrogens with two attached hydrogens (primary N) is 4. The van der Waals surface area contributed by atoms with Gasteiger partial charge in [-0.05, 0) is 74.3 Å². The third-order valence-electron chi connectivity index (χ3n) is 7.16. The maximum Gasteiger partial charge on any atom is 0.336 e. The second-order valence-corrected chi connectivity index (χ2v) is 13.8. The van der Waals surface area contributed by atoms with Gasteiger partial charge in [0.25, 0.3) is 0 Å². The van der Waals surface area contributed by atoms with E-state index in [4.69, 9.17) is 22.9 Å². The first-order valence-corrected chi connectivity index (χ1v) is 15.2. The Morgan fingerprint density at radius 1 is 0.615 bits per heavy atom. The monoisotopic (exact) mass is 592 g/mol. The van der Waals surface area contributed by atoms with Gasteiger partial charge in [0.15, 0.2) is 0 Å². The van der Waals surface area contributed by atoms with E-state index in [0.29, 0.717) is 11.1 Å². The van der Waals surface area contributed by atoms with E-state index in [-0.39, 0.29) is 16.7 Å². The number of benzene rings is 1. The highest BCUT2D eigenvalue weighted by Gasteiger charge is 2.54. The first kappa shape index (κ1) is 34.4. The largest absolute Gasteiger partial charge is 0.370 e. The number of primary amides is 4. The van der Waals surface area contributed by atoms with Crippen molar-refractivity contribution in [1.29, 1.82) is 0 Å². The van der Waals surface area contributed by atoms with E-state index in [1.54, 1.807) is 0 Å². The van der Waals surface area contributed by atoms with Gasteiger partial charge in [0.2, 0.25) is 23.6 Å². The van der Waals surface area contributed by atoms with E-state index in [1.807, 2.05) is 0 Å². The summed E-state index contributed by atoms with van der Waals surface area (Å²) in [5.41, 5.74) is 21.7. The van der Waals surface area contributed by atoms with Crippen LogP contribution >= 0.6 is 15.2 Å². The van der Waals surface area contributed by atoms with Gasteiger partial charge in [-0.3, -0.25) is 28.3 Å². The van der Waals surface area contributed by atoms with Crippen LogP contribution in [0.3, 0.4) is 0 Å². The highest BCUT2D eigenvalue weighted by molar-refractivity contribution is 7.53. The molecule has 0 bridgehead atoms. The molecule has 0 aliphatic carbocycles. The Bertz CT molecular complexity index is 1110. The van der Waals surface area contributed by atoms with Crippen LogP contribution in [0, 0.1) is 20.8 Å². The van der Waals surface area contributed by atoms with Crippen LogP contribution in [0.4, 0.5) is 0 Å². The Morgan fingerprint density at radius 2 is 0.846 bits per heavy atom. The summed E-state index contributed by atoms with van der Waals surface area (Å²) < 4.78 is 26.3. The molecule has 0 radical (unpaired) electrons. The first-order chi connectivity index (χ1) is 17.6. The van der Waals surface area contributed by atoms with Crippen molar-refractivity contribution >= 4 is 38.8 Å². The van der Waals surface area contributed by atoms with E-state index in [9.17, 15) is 47.9 Å². The van der Waals surface area contributed by atoms with Gasteiger partial charge < -0.3 is 42.5 Å². The third kappa shape index (κ3) is 7.75. The van der Waals surface area contributed by atoms with Gasteiger partial charge in [0, 0.05) is 25.7 Å². The standard InChI is InChI=1S/C23H38N4O10P2/c1-13-12-14(2)21(23(39(35,36)37,10-6-18(26)30)11-7-19(27)31)15(3)20(13)22(38(32,33)34,8-4-16(24)28)9-5-17(25)29/h12H,4-11H2,1-3H3,(H2,24,28)(H2,25,29)(H2,26,30)(H2,27,31)(H2,32,33,34)(H2,35,36,37). The minimum absolute atomic E-state index is 0.0435. The maximum absolute atomic E-state index is 13.2. The summed E-state index contributed by atoms with van der Waals surface area (Å²) in [6.07, 6.45) is -3.97. The number of carbonyl (C=O) groups is 4. The molecule has 0 heterocycles. The van der Waals surface area contributed by atoms with Crippen LogP contribution in [0.25, 0.3) is 0 Å². The van der Waals surface area contributed by atoms with Crippen LogP contribution in [0.15, 0.2) is 6.07 Å². The van der Waals surface area contributed by atoms with Crippen LogP contribution in [0.1, 0.15) is 79.2 Å². The van der Waals surface area contributed by atoms with Gasteiger partial charge >= 0.3 is 15.2 Å². The van der Waals surface area contributed by atoms with E-state index in [1.165, 1.54) is 26.8 Å². The molecule has 0 aliphatic rings. The van der Waals surface area contributed by atoms with Crippen molar-refractivity contribution in [2.75, 3.05) is 0 Å². The third-order valence-corrected chi connectivity index (χ3v) is 10.7. The second kappa shape index (κ2) is 12.7. The molecule has 4 amide bonds. The molecule has 12 N–H and O–H groups in total. The Kier molecular flexibility index (Phi) is 11.2. The minimum atomic E-state index is -5.24. The lowest BCUT2D eigenvalue weighted by molar-refractivity contribution is -0.119. The quantitative estimate of drug-likeness (QED) is 0.122. The predicted molar refractivity (Wildman–Crippen MR) is 142 cm³/mol. The summed E-state index contributed by atoms with van der Waals surface area (Å²) in [7, 11) is -10.5. The molecule has 0 unspecified atom stereocenters. The van der Waals surface area contributed by atoms with Gasteiger partial charge in [-0.25, -0.2) is 0 Å². The Labute approximate surface area is 226 Å². The van der Waals surface area contributed by atoms with Gasteiger partial charge in [-0.15, -0.1) is 0 Å². The van der Waals surface area contributed by atoms with Crippen molar-refractivity contribution in [3.05, 3.63) is 33.9 Å². The van der Waals surface area contributed by atoms with Gasteiger partial charge in [-0.2, -0.15) is 0 Å².